The third kappa shape index (κ3) is 5.64. The molecule has 17 heavy (non-hydrogen) atoms. The van der Waals surface area contributed by atoms with Crippen LogP contribution in [0.4, 0.5) is 0 Å². The van der Waals surface area contributed by atoms with Gasteiger partial charge in [0.05, 0.1) is 6.61 Å². The van der Waals surface area contributed by atoms with Crippen LogP contribution < -0.4 is 0 Å². The van der Waals surface area contributed by atoms with Gasteiger partial charge in [0.1, 0.15) is 5.78 Å². The quantitative estimate of drug-likeness (QED) is 0.588. The molecule has 0 amide bonds. The molecular weight excluding hydrogens is 214 g/mol. The number of hydrogen-bond acceptors (Lipinski definition) is 3. The molecule has 3 heteroatoms. The van der Waals surface area contributed by atoms with Crippen molar-refractivity contribution >= 4 is 5.78 Å². The monoisotopic (exact) mass is 241 g/mol. The van der Waals surface area contributed by atoms with Crippen LogP contribution in [0.15, 0.2) is 0 Å². The number of methoxy groups -OCH3 is 1. The van der Waals surface area contributed by atoms with Crippen LogP contribution in [-0.2, 0) is 9.53 Å². The number of nitrogens with zero attached hydrogens (tertiary/aromatic N) is 1. The highest BCUT2D eigenvalue weighted by Crippen LogP contribution is 2.35. The fourth-order valence-electron chi connectivity index (χ4n) is 2.26. The first-order chi connectivity index (χ1) is 8.19. The van der Waals surface area contributed by atoms with Gasteiger partial charge in [-0.15, -0.1) is 0 Å². The largest absolute Gasteiger partial charge is 0.383 e. The first kappa shape index (κ1) is 14.7. The van der Waals surface area contributed by atoms with Gasteiger partial charge >= 0.3 is 0 Å². The summed E-state index contributed by atoms with van der Waals surface area (Å²) in [7, 11) is 1.75. The molecule has 0 bridgehead atoms. The van der Waals surface area contributed by atoms with Crippen molar-refractivity contribution in [1.29, 1.82) is 0 Å². The lowest BCUT2D eigenvalue weighted by molar-refractivity contribution is -0.118. The lowest BCUT2D eigenvalue weighted by atomic mass is 10.1. The number of ether oxygens (including phenoxy) is 1. The minimum atomic E-state index is 0.385. The van der Waals surface area contributed by atoms with Crippen LogP contribution in [0.5, 0.6) is 0 Å². The van der Waals surface area contributed by atoms with Gasteiger partial charge in [-0.1, -0.05) is 6.92 Å². The third-order valence-electron chi connectivity index (χ3n) is 3.76. The lowest BCUT2D eigenvalue weighted by Crippen LogP contribution is -2.38. The highest BCUT2D eigenvalue weighted by molar-refractivity contribution is 5.77. The van der Waals surface area contributed by atoms with Crippen molar-refractivity contribution in [1.82, 2.24) is 4.90 Å². The molecule has 0 radical (unpaired) electrons. The maximum absolute atomic E-state index is 11.3. The van der Waals surface area contributed by atoms with Gasteiger partial charge in [-0.05, 0) is 38.6 Å². The Morgan fingerprint density at radius 2 is 2.12 bits per heavy atom. The summed E-state index contributed by atoms with van der Waals surface area (Å²) >= 11 is 0. The van der Waals surface area contributed by atoms with Gasteiger partial charge in [0.25, 0.3) is 0 Å². The average Bonchev–Trinajstić information content (AvgIpc) is 3.16. The summed E-state index contributed by atoms with van der Waals surface area (Å²) in [5, 5.41) is 0. The molecule has 0 aliphatic heterocycles. The Morgan fingerprint density at radius 1 is 1.41 bits per heavy atom. The van der Waals surface area contributed by atoms with Crippen molar-refractivity contribution in [3.63, 3.8) is 0 Å². The first-order valence-electron chi connectivity index (χ1n) is 6.93. The van der Waals surface area contributed by atoms with E-state index in [1.54, 1.807) is 7.11 Å². The summed E-state index contributed by atoms with van der Waals surface area (Å²) in [6, 6.07) is 0.655. The number of Topliss-reactive ketones (excluding diaryl/α,β-unsaturated/α-hetero) is 1. The maximum Gasteiger partial charge on any atom is 0.132 e. The Kier molecular flexibility index (Phi) is 6.75. The number of hydrogen-bond donors (Lipinski definition) is 0. The van der Waals surface area contributed by atoms with E-state index in [0.717, 1.165) is 38.5 Å². The molecule has 1 saturated carbocycles. The molecule has 0 spiro atoms. The fourth-order valence-corrected chi connectivity index (χ4v) is 2.26. The summed E-state index contributed by atoms with van der Waals surface area (Å²) < 4.78 is 5.16. The topological polar surface area (TPSA) is 29.5 Å². The van der Waals surface area contributed by atoms with E-state index in [9.17, 15) is 4.79 Å². The highest BCUT2D eigenvalue weighted by atomic mass is 16.5. The van der Waals surface area contributed by atoms with Gasteiger partial charge in [-0.25, -0.2) is 0 Å². The van der Waals surface area contributed by atoms with Crippen LogP contribution >= 0.6 is 0 Å². The minimum absolute atomic E-state index is 0.385. The molecular formula is C14H27NO2. The zero-order valence-corrected chi connectivity index (χ0v) is 11.6. The lowest BCUT2D eigenvalue weighted by Gasteiger charge is -2.28. The number of carbonyl (C=O) groups excluding carboxylic acids is 1. The molecule has 1 rings (SSSR count). The van der Waals surface area contributed by atoms with Gasteiger partial charge in [0.2, 0.25) is 0 Å². The van der Waals surface area contributed by atoms with E-state index in [4.69, 9.17) is 4.74 Å². The molecule has 3 nitrogen and oxygen atoms in total. The van der Waals surface area contributed by atoms with Crippen molar-refractivity contribution in [2.24, 2.45) is 5.92 Å². The van der Waals surface area contributed by atoms with E-state index in [0.29, 0.717) is 18.2 Å². The summed E-state index contributed by atoms with van der Waals surface area (Å²) in [6.45, 7) is 7.08. The first-order valence-corrected chi connectivity index (χ1v) is 6.93. The predicted molar refractivity (Wildman–Crippen MR) is 70.2 cm³/mol. The van der Waals surface area contributed by atoms with E-state index >= 15 is 0 Å². The molecule has 0 aromatic heterocycles. The zero-order valence-electron chi connectivity index (χ0n) is 11.6. The van der Waals surface area contributed by atoms with Crippen LogP contribution in [0.3, 0.4) is 0 Å². The Hall–Kier alpha value is -0.410. The van der Waals surface area contributed by atoms with E-state index in [2.05, 4.69) is 11.8 Å². The molecule has 0 aromatic rings. The Balaban J connectivity index is 2.26. The summed E-state index contributed by atoms with van der Waals surface area (Å²) in [5.41, 5.74) is 0. The Morgan fingerprint density at radius 3 is 2.65 bits per heavy atom. The summed E-state index contributed by atoms with van der Waals surface area (Å²) in [4.78, 5) is 13.8. The molecule has 0 aromatic carbocycles. The minimum Gasteiger partial charge on any atom is -0.383 e. The molecule has 100 valence electrons. The van der Waals surface area contributed by atoms with Crippen molar-refractivity contribution in [2.75, 3.05) is 26.8 Å². The van der Waals surface area contributed by atoms with E-state index in [1.807, 2.05) is 6.92 Å². The van der Waals surface area contributed by atoms with E-state index < -0.39 is 0 Å². The second-order valence-corrected chi connectivity index (χ2v) is 5.10. The van der Waals surface area contributed by atoms with Crippen LogP contribution in [0.25, 0.3) is 0 Å². The van der Waals surface area contributed by atoms with Gasteiger partial charge < -0.3 is 4.74 Å². The second kappa shape index (κ2) is 7.83. The molecule has 1 atom stereocenters. The summed E-state index contributed by atoms with van der Waals surface area (Å²) in [6.07, 6.45) is 5.15. The van der Waals surface area contributed by atoms with Gasteiger partial charge in [-0.3, -0.25) is 9.69 Å². The van der Waals surface area contributed by atoms with Crippen molar-refractivity contribution in [3.8, 4) is 0 Å². The SMILES string of the molecule is CCC(=O)CCCN(CCOC)C(C)C1CC1. The average molecular weight is 241 g/mol. The van der Waals surface area contributed by atoms with Gasteiger partial charge in [0.15, 0.2) is 0 Å². The second-order valence-electron chi connectivity index (χ2n) is 5.10. The molecule has 0 heterocycles. The fraction of sp³-hybridized carbons (Fsp3) is 0.929. The molecule has 0 N–H and O–H groups in total. The van der Waals surface area contributed by atoms with E-state index in [1.165, 1.54) is 12.8 Å². The molecule has 0 saturated heterocycles. The number of ketones is 1. The van der Waals surface area contributed by atoms with Crippen LogP contribution in [0, 0.1) is 5.92 Å². The Bertz CT molecular complexity index is 226. The van der Waals surface area contributed by atoms with Crippen molar-refractivity contribution < 1.29 is 9.53 Å². The standard InChI is InChI=1S/C14H27NO2/c1-4-14(16)6-5-9-15(10-11-17-3)12(2)13-7-8-13/h12-13H,4-11H2,1-3H3. The van der Waals surface area contributed by atoms with Crippen molar-refractivity contribution in [2.45, 2.75) is 52.0 Å². The van der Waals surface area contributed by atoms with Crippen LogP contribution in [0.2, 0.25) is 0 Å². The predicted octanol–water partition coefficient (Wildman–Crippen LogP) is 2.49. The summed E-state index contributed by atoms with van der Waals surface area (Å²) in [5.74, 6) is 1.27. The molecule has 1 aliphatic rings. The normalized spacial score (nSPS) is 17.4. The maximum atomic E-state index is 11.3. The third-order valence-corrected chi connectivity index (χ3v) is 3.76. The number of rotatable bonds is 10. The van der Waals surface area contributed by atoms with Gasteiger partial charge in [-0.2, -0.15) is 0 Å². The van der Waals surface area contributed by atoms with Crippen molar-refractivity contribution in [3.05, 3.63) is 0 Å². The smallest absolute Gasteiger partial charge is 0.132 e. The molecule has 1 aliphatic carbocycles. The molecule has 1 fully saturated rings. The van der Waals surface area contributed by atoms with Gasteiger partial charge in [0, 0.05) is 32.5 Å². The Labute approximate surface area is 106 Å². The van der Waals surface area contributed by atoms with Crippen LogP contribution in [0.1, 0.15) is 46.0 Å². The zero-order chi connectivity index (χ0) is 12.7. The molecule has 1 unspecified atom stereocenters. The van der Waals surface area contributed by atoms with Crippen LogP contribution in [-0.4, -0.2) is 43.5 Å². The van der Waals surface area contributed by atoms with E-state index in [-0.39, 0.29) is 0 Å². The number of carbonyl (C=O) groups is 1. The highest BCUT2D eigenvalue weighted by Gasteiger charge is 2.31.